The summed E-state index contributed by atoms with van der Waals surface area (Å²) in [6.45, 7) is 4.31. The van der Waals surface area contributed by atoms with Gasteiger partial charge in [-0.05, 0) is 45.6 Å². The van der Waals surface area contributed by atoms with Crippen LogP contribution in [-0.2, 0) is 11.3 Å². The molecule has 0 heterocycles. The summed E-state index contributed by atoms with van der Waals surface area (Å²) in [6.07, 6.45) is 1.69. The Balaban J connectivity index is 0.00000450. The fraction of sp³-hybridized carbons (Fsp3) is 0.600. The van der Waals surface area contributed by atoms with E-state index in [0.717, 1.165) is 18.4 Å². The minimum absolute atomic E-state index is 0. The predicted octanol–water partition coefficient (Wildman–Crippen LogP) is 3.79. The normalized spacial score (nSPS) is 14.5. The van der Waals surface area contributed by atoms with Crippen LogP contribution < -0.4 is 20.7 Å². The molecule has 1 aromatic carbocycles. The van der Waals surface area contributed by atoms with Crippen LogP contribution in [0.1, 0.15) is 37.8 Å². The molecule has 0 bridgehead atoms. The van der Waals surface area contributed by atoms with Gasteiger partial charge in [-0.25, -0.2) is 9.79 Å². The smallest absolute Gasteiger partial charge is 0.407 e. The lowest BCUT2D eigenvalue weighted by molar-refractivity contribution is -0.0504. The van der Waals surface area contributed by atoms with Crippen molar-refractivity contribution in [1.29, 1.82) is 0 Å². The van der Waals surface area contributed by atoms with Crippen LogP contribution in [-0.4, -0.2) is 44.4 Å². The number of guanidine groups is 1. The molecule has 10 heteroatoms. The molecule has 7 nitrogen and oxygen atoms in total. The maximum absolute atomic E-state index is 12.6. The van der Waals surface area contributed by atoms with Crippen molar-refractivity contribution in [3.63, 3.8) is 0 Å². The SMILES string of the molecule is CCNC(=NCc1cc(C)ccc1OC(F)F)NCC(NC(=O)OCC)C1CC1.I. The number of alkyl carbamates (subject to hydrolysis) is 1. The number of carbonyl (C=O) groups excluding carboxylic acids is 1. The number of ether oxygens (including phenoxy) is 2. The largest absolute Gasteiger partial charge is 0.450 e. The molecule has 1 aliphatic rings. The number of nitrogens with zero attached hydrogens (tertiary/aromatic N) is 1. The second kappa shape index (κ2) is 13.5. The summed E-state index contributed by atoms with van der Waals surface area (Å²) in [5, 5.41) is 9.22. The van der Waals surface area contributed by atoms with Crippen molar-refractivity contribution in [2.45, 2.75) is 52.8 Å². The van der Waals surface area contributed by atoms with Crippen molar-refractivity contribution in [2.24, 2.45) is 10.9 Å². The van der Waals surface area contributed by atoms with Crippen molar-refractivity contribution in [2.75, 3.05) is 19.7 Å². The lowest BCUT2D eigenvalue weighted by atomic mass is 10.1. The number of amides is 1. The Bertz CT molecular complexity index is 703. The lowest BCUT2D eigenvalue weighted by Gasteiger charge is -2.20. The molecular formula is C20H31F2IN4O3. The number of benzene rings is 1. The van der Waals surface area contributed by atoms with Gasteiger partial charge in [0.2, 0.25) is 0 Å². The zero-order valence-corrected chi connectivity index (χ0v) is 19.9. The molecule has 1 aromatic rings. The van der Waals surface area contributed by atoms with E-state index in [-0.39, 0.29) is 42.3 Å². The van der Waals surface area contributed by atoms with Crippen LogP contribution >= 0.6 is 24.0 Å². The molecule has 1 aliphatic carbocycles. The molecule has 1 saturated carbocycles. The maximum atomic E-state index is 12.6. The molecule has 1 fully saturated rings. The first kappa shape index (κ1) is 26.2. The van der Waals surface area contributed by atoms with E-state index in [1.54, 1.807) is 19.1 Å². The number of hydrogen-bond acceptors (Lipinski definition) is 4. The number of carbonyl (C=O) groups is 1. The van der Waals surface area contributed by atoms with Crippen molar-refractivity contribution in [3.8, 4) is 5.75 Å². The third-order valence-corrected chi connectivity index (χ3v) is 4.44. The summed E-state index contributed by atoms with van der Waals surface area (Å²) >= 11 is 0. The average molecular weight is 540 g/mol. The Morgan fingerprint density at radius 2 is 2.00 bits per heavy atom. The van der Waals surface area contributed by atoms with Gasteiger partial charge in [0.15, 0.2) is 5.96 Å². The van der Waals surface area contributed by atoms with Gasteiger partial charge in [-0.1, -0.05) is 17.7 Å². The van der Waals surface area contributed by atoms with Gasteiger partial charge in [0, 0.05) is 18.7 Å². The van der Waals surface area contributed by atoms with Gasteiger partial charge in [0.1, 0.15) is 5.75 Å². The zero-order valence-electron chi connectivity index (χ0n) is 17.5. The van der Waals surface area contributed by atoms with E-state index in [0.29, 0.717) is 37.1 Å². The number of nitrogens with one attached hydrogen (secondary N) is 3. The molecule has 1 unspecified atom stereocenters. The fourth-order valence-corrected chi connectivity index (χ4v) is 2.91. The van der Waals surface area contributed by atoms with Gasteiger partial charge >= 0.3 is 12.7 Å². The Hall–Kier alpha value is -1.85. The summed E-state index contributed by atoms with van der Waals surface area (Å²) in [5.74, 6) is 1.07. The average Bonchev–Trinajstić information content (AvgIpc) is 3.49. The molecule has 1 atom stereocenters. The second-order valence-electron chi connectivity index (χ2n) is 6.87. The first-order valence-corrected chi connectivity index (χ1v) is 9.92. The molecule has 0 aromatic heterocycles. The number of halogens is 3. The van der Waals surface area contributed by atoms with Crippen LogP contribution in [0, 0.1) is 12.8 Å². The minimum Gasteiger partial charge on any atom is -0.450 e. The number of hydrogen-bond donors (Lipinski definition) is 3. The van der Waals surface area contributed by atoms with E-state index in [9.17, 15) is 13.6 Å². The van der Waals surface area contributed by atoms with Gasteiger partial charge in [0.05, 0.1) is 19.2 Å². The first-order valence-electron chi connectivity index (χ1n) is 9.92. The molecular weight excluding hydrogens is 509 g/mol. The Kier molecular flexibility index (Phi) is 11.7. The van der Waals surface area contributed by atoms with Crippen molar-refractivity contribution in [3.05, 3.63) is 29.3 Å². The third kappa shape index (κ3) is 9.31. The molecule has 0 saturated heterocycles. The highest BCUT2D eigenvalue weighted by Gasteiger charge is 2.32. The highest BCUT2D eigenvalue weighted by Crippen LogP contribution is 2.32. The number of aryl methyl sites for hydroxylation is 1. The van der Waals surface area contributed by atoms with Gasteiger partial charge in [-0.15, -0.1) is 24.0 Å². The topological polar surface area (TPSA) is 84.0 Å². The number of aliphatic imine (C=N–C) groups is 1. The minimum atomic E-state index is -2.89. The predicted molar refractivity (Wildman–Crippen MR) is 123 cm³/mol. The molecule has 0 spiro atoms. The van der Waals surface area contributed by atoms with Crippen LogP contribution in [0.3, 0.4) is 0 Å². The standard InChI is InChI=1S/C20H30F2N4O3.HI/c1-4-23-19(25-12-16(14-7-8-14)26-20(27)28-5-2)24-11-15-10-13(3)6-9-17(15)29-18(21)22;/h6,9-10,14,16,18H,4-5,7-8,11-12H2,1-3H3,(H,26,27)(H2,23,24,25);1H. The Morgan fingerprint density at radius 1 is 1.27 bits per heavy atom. The quantitative estimate of drug-likeness (QED) is 0.239. The van der Waals surface area contributed by atoms with E-state index < -0.39 is 12.7 Å². The molecule has 1 amide bonds. The van der Waals surface area contributed by atoms with Crippen molar-refractivity contribution in [1.82, 2.24) is 16.0 Å². The van der Waals surface area contributed by atoms with E-state index in [2.05, 4.69) is 25.7 Å². The third-order valence-electron chi connectivity index (χ3n) is 4.44. The Morgan fingerprint density at radius 3 is 2.60 bits per heavy atom. The monoisotopic (exact) mass is 540 g/mol. The first-order chi connectivity index (χ1) is 13.9. The van der Waals surface area contributed by atoms with E-state index in [4.69, 9.17) is 4.74 Å². The Labute approximate surface area is 193 Å². The fourth-order valence-electron chi connectivity index (χ4n) is 2.91. The summed E-state index contributed by atoms with van der Waals surface area (Å²) in [7, 11) is 0. The molecule has 3 N–H and O–H groups in total. The van der Waals surface area contributed by atoms with E-state index >= 15 is 0 Å². The molecule has 0 aliphatic heterocycles. The van der Waals surface area contributed by atoms with Gasteiger partial charge in [-0.2, -0.15) is 8.78 Å². The van der Waals surface area contributed by atoms with Gasteiger partial charge in [0.25, 0.3) is 0 Å². The highest BCUT2D eigenvalue weighted by atomic mass is 127. The zero-order chi connectivity index (χ0) is 21.2. The summed E-state index contributed by atoms with van der Waals surface area (Å²) in [4.78, 5) is 16.2. The van der Waals surface area contributed by atoms with Crippen LogP contribution in [0.15, 0.2) is 23.2 Å². The summed E-state index contributed by atoms with van der Waals surface area (Å²) < 4.78 is 34.8. The second-order valence-corrected chi connectivity index (χ2v) is 6.87. The number of alkyl halides is 2. The summed E-state index contributed by atoms with van der Waals surface area (Å²) in [6, 6.07) is 4.96. The molecule has 30 heavy (non-hydrogen) atoms. The van der Waals surface area contributed by atoms with Gasteiger partial charge in [-0.3, -0.25) is 0 Å². The molecule has 2 rings (SSSR count). The highest BCUT2D eigenvalue weighted by molar-refractivity contribution is 14.0. The maximum Gasteiger partial charge on any atom is 0.407 e. The van der Waals surface area contributed by atoms with Crippen LogP contribution in [0.5, 0.6) is 5.75 Å². The van der Waals surface area contributed by atoms with Crippen molar-refractivity contribution < 1.29 is 23.0 Å². The lowest BCUT2D eigenvalue weighted by Crippen LogP contribution is -2.48. The summed E-state index contributed by atoms with van der Waals surface area (Å²) in [5.41, 5.74) is 1.51. The van der Waals surface area contributed by atoms with E-state index in [1.165, 1.54) is 6.07 Å². The van der Waals surface area contributed by atoms with Crippen molar-refractivity contribution >= 4 is 36.0 Å². The van der Waals surface area contributed by atoms with Crippen LogP contribution in [0.2, 0.25) is 0 Å². The van der Waals surface area contributed by atoms with Crippen LogP contribution in [0.4, 0.5) is 13.6 Å². The molecule has 0 radical (unpaired) electrons. The van der Waals surface area contributed by atoms with Gasteiger partial charge < -0.3 is 25.4 Å². The number of rotatable bonds is 10. The van der Waals surface area contributed by atoms with E-state index in [1.807, 2.05) is 13.8 Å². The molecule has 170 valence electrons. The van der Waals surface area contributed by atoms with Crippen LogP contribution in [0.25, 0.3) is 0 Å².